The van der Waals surface area contributed by atoms with Gasteiger partial charge in [-0.3, -0.25) is 0 Å². The van der Waals surface area contributed by atoms with Crippen LogP contribution in [0.5, 0.6) is 0 Å². The van der Waals surface area contributed by atoms with Crippen LogP contribution in [0.1, 0.15) is 26.2 Å². The molecule has 2 N–H and O–H groups in total. The minimum absolute atomic E-state index is 0.0514. The molecule has 1 saturated heterocycles. The van der Waals surface area contributed by atoms with Crippen molar-refractivity contribution in [3.63, 3.8) is 0 Å². The first kappa shape index (κ1) is 9.44. The summed E-state index contributed by atoms with van der Waals surface area (Å²) in [5.74, 6) is 0.678. The van der Waals surface area contributed by atoms with Gasteiger partial charge in [0, 0.05) is 18.7 Å². The number of hydrogen-bond donors (Lipinski definition) is 2. The minimum atomic E-state index is -0.0514. The van der Waals surface area contributed by atoms with Gasteiger partial charge in [-0.15, -0.1) is 0 Å². The van der Waals surface area contributed by atoms with E-state index in [4.69, 9.17) is 9.84 Å². The number of aliphatic hydroxyl groups is 1. The minimum Gasteiger partial charge on any atom is -0.393 e. The molecule has 1 aliphatic heterocycles. The summed E-state index contributed by atoms with van der Waals surface area (Å²) in [6.45, 7) is 4.05. The molecule has 0 spiro atoms. The lowest BCUT2D eigenvalue weighted by Gasteiger charge is -2.35. The van der Waals surface area contributed by atoms with E-state index in [0.717, 1.165) is 26.1 Å². The van der Waals surface area contributed by atoms with Crippen molar-refractivity contribution in [3.8, 4) is 0 Å². The maximum atomic E-state index is 9.13. The molecule has 2 fully saturated rings. The van der Waals surface area contributed by atoms with Crippen LogP contribution in [0.15, 0.2) is 0 Å². The van der Waals surface area contributed by atoms with Crippen molar-refractivity contribution in [3.05, 3.63) is 0 Å². The molecule has 76 valence electrons. The fraction of sp³-hybridized carbons (Fsp3) is 1.00. The first-order valence-corrected chi connectivity index (χ1v) is 5.27. The summed E-state index contributed by atoms with van der Waals surface area (Å²) in [6, 6.07) is 1.09. The van der Waals surface area contributed by atoms with Crippen molar-refractivity contribution in [2.24, 2.45) is 5.92 Å². The molecule has 2 rings (SSSR count). The first-order chi connectivity index (χ1) is 6.25. The summed E-state index contributed by atoms with van der Waals surface area (Å²) in [7, 11) is 0. The maximum absolute atomic E-state index is 9.13. The summed E-state index contributed by atoms with van der Waals surface area (Å²) in [5, 5.41) is 12.7. The Morgan fingerprint density at radius 2 is 2.23 bits per heavy atom. The van der Waals surface area contributed by atoms with Crippen molar-refractivity contribution in [1.29, 1.82) is 0 Å². The Kier molecular flexibility index (Phi) is 2.86. The topological polar surface area (TPSA) is 41.5 Å². The molecule has 0 aromatic heterocycles. The highest BCUT2D eigenvalue weighted by atomic mass is 16.5. The summed E-state index contributed by atoms with van der Waals surface area (Å²) in [4.78, 5) is 0. The molecule has 1 aliphatic carbocycles. The Labute approximate surface area is 79.5 Å². The van der Waals surface area contributed by atoms with E-state index >= 15 is 0 Å². The molecule has 2 atom stereocenters. The van der Waals surface area contributed by atoms with Crippen molar-refractivity contribution in [2.45, 2.75) is 44.4 Å². The van der Waals surface area contributed by atoms with E-state index in [-0.39, 0.29) is 6.10 Å². The zero-order valence-corrected chi connectivity index (χ0v) is 8.20. The van der Waals surface area contributed by atoms with Crippen LogP contribution in [-0.2, 0) is 4.74 Å². The Hall–Kier alpha value is -0.120. The average Bonchev–Trinajstić information content (AvgIpc) is 2.53. The van der Waals surface area contributed by atoms with Gasteiger partial charge in [-0.25, -0.2) is 0 Å². The lowest BCUT2D eigenvalue weighted by Crippen LogP contribution is -2.49. The van der Waals surface area contributed by atoms with E-state index in [2.05, 4.69) is 12.2 Å². The Balaban J connectivity index is 1.68. The number of aliphatic hydroxyl groups excluding tert-OH is 1. The van der Waals surface area contributed by atoms with E-state index in [1.54, 1.807) is 0 Å². The summed E-state index contributed by atoms with van der Waals surface area (Å²) < 4.78 is 5.34. The summed E-state index contributed by atoms with van der Waals surface area (Å²) >= 11 is 0. The lowest BCUT2D eigenvalue weighted by molar-refractivity contribution is 0.0543. The van der Waals surface area contributed by atoms with Gasteiger partial charge in [-0.05, 0) is 32.1 Å². The average molecular weight is 185 g/mol. The molecule has 2 aliphatic rings. The second-order valence-corrected chi connectivity index (χ2v) is 4.40. The van der Waals surface area contributed by atoms with Crippen LogP contribution < -0.4 is 5.32 Å². The van der Waals surface area contributed by atoms with E-state index in [1.807, 2.05) is 0 Å². The number of nitrogens with one attached hydrogen (secondary N) is 1. The van der Waals surface area contributed by atoms with Gasteiger partial charge in [0.05, 0.1) is 12.7 Å². The highest BCUT2D eigenvalue weighted by Crippen LogP contribution is 2.23. The molecule has 1 saturated carbocycles. The highest BCUT2D eigenvalue weighted by molar-refractivity contribution is 4.88. The third-order valence-corrected chi connectivity index (χ3v) is 3.28. The smallest absolute Gasteiger partial charge is 0.0570 e. The molecule has 3 heteroatoms. The number of hydrogen-bond acceptors (Lipinski definition) is 3. The first-order valence-electron chi connectivity index (χ1n) is 5.27. The van der Waals surface area contributed by atoms with Gasteiger partial charge in [0.25, 0.3) is 0 Å². The Morgan fingerprint density at radius 3 is 2.77 bits per heavy atom. The largest absolute Gasteiger partial charge is 0.393 e. The van der Waals surface area contributed by atoms with Crippen molar-refractivity contribution in [2.75, 3.05) is 13.2 Å². The van der Waals surface area contributed by atoms with Crippen LogP contribution in [0, 0.1) is 5.92 Å². The zero-order chi connectivity index (χ0) is 9.26. The quantitative estimate of drug-likeness (QED) is 0.673. The van der Waals surface area contributed by atoms with Crippen LogP contribution in [-0.4, -0.2) is 36.5 Å². The van der Waals surface area contributed by atoms with Gasteiger partial charge in [-0.2, -0.15) is 0 Å². The standard InChI is InChI=1S/C10H19NO2/c1-7(8-2-3-13-6-8)11-9-4-10(12)5-9/h7-12H,2-6H2,1H3. The molecule has 13 heavy (non-hydrogen) atoms. The summed E-state index contributed by atoms with van der Waals surface area (Å²) in [6.07, 6.45) is 2.99. The van der Waals surface area contributed by atoms with Crippen LogP contribution in [0.25, 0.3) is 0 Å². The lowest BCUT2D eigenvalue weighted by atomic mass is 9.87. The van der Waals surface area contributed by atoms with Crippen molar-refractivity contribution >= 4 is 0 Å². The molecule has 0 aromatic carbocycles. The van der Waals surface area contributed by atoms with Gasteiger partial charge >= 0.3 is 0 Å². The fourth-order valence-electron chi connectivity index (χ4n) is 2.18. The molecular weight excluding hydrogens is 166 g/mol. The third kappa shape index (κ3) is 2.22. The van der Waals surface area contributed by atoms with Crippen LogP contribution in [0.2, 0.25) is 0 Å². The van der Waals surface area contributed by atoms with E-state index in [1.165, 1.54) is 6.42 Å². The maximum Gasteiger partial charge on any atom is 0.0570 e. The Morgan fingerprint density at radius 1 is 1.46 bits per heavy atom. The van der Waals surface area contributed by atoms with Crippen LogP contribution >= 0.6 is 0 Å². The molecule has 0 radical (unpaired) electrons. The normalized spacial score (nSPS) is 41.5. The monoisotopic (exact) mass is 185 g/mol. The van der Waals surface area contributed by atoms with Gasteiger partial charge in [-0.1, -0.05) is 0 Å². The fourth-order valence-corrected chi connectivity index (χ4v) is 2.18. The number of ether oxygens (including phenoxy) is 1. The second kappa shape index (κ2) is 3.95. The molecule has 0 aromatic rings. The van der Waals surface area contributed by atoms with Crippen molar-refractivity contribution in [1.82, 2.24) is 5.32 Å². The predicted molar refractivity (Wildman–Crippen MR) is 50.6 cm³/mol. The van der Waals surface area contributed by atoms with E-state index < -0.39 is 0 Å². The summed E-state index contributed by atoms with van der Waals surface area (Å²) in [5.41, 5.74) is 0. The van der Waals surface area contributed by atoms with Gasteiger partial charge in [0.1, 0.15) is 0 Å². The zero-order valence-electron chi connectivity index (χ0n) is 8.20. The SMILES string of the molecule is CC(NC1CC(O)C1)C1CCOC1. The van der Waals surface area contributed by atoms with Crippen molar-refractivity contribution < 1.29 is 9.84 Å². The van der Waals surface area contributed by atoms with Gasteiger partial charge in [0.2, 0.25) is 0 Å². The van der Waals surface area contributed by atoms with Crippen LogP contribution in [0.4, 0.5) is 0 Å². The molecule has 2 unspecified atom stereocenters. The van der Waals surface area contributed by atoms with E-state index in [0.29, 0.717) is 18.0 Å². The van der Waals surface area contributed by atoms with Gasteiger partial charge in [0.15, 0.2) is 0 Å². The second-order valence-electron chi connectivity index (χ2n) is 4.40. The third-order valence-electron chi connectivity index (χ3n) is 3.28. The molecule has 3 nitrogen and oxygen atoms in total. The van der Waals surface area contributed by atoms with Gasteiger partial charge < -0.3 is 15.2 Å². The number of rotatable bonds is 3. The molecule has 0 amide bonds. The molecule has 0 bridgehead atoms. The van der Waals surface area contributed by atoms with Crippen LogP contribution in [0.3, 0.4) is 0 Å². The predicted octanol–water partition coefficient (Wildman–Crippen LogP) is 0.524. The Bertz CT molecular complexity index is 162. The van der Waals surface area contributed by atoms with E-state index in [9.17, 15) is 0 Å². The highest BCUT2D eigenvalue weighted by Gasteiger charge is 2.30. The molecule has 1 heterocycles. The molecular formula is C10H19NO2.